The van der Waals surface area contributed by atoms with Crippen molar-refractivity contribution in [2.75, 3.05) is 48.2 Å². The Balaban J connectivity index is 1.89. The van der Waals surface area contributed by atoms with Gasteiger partial charge >= 0.3 is 6.09 Å². The number of nitrogens with zero attached hydrogens (tertiary/aromatic N) is 4. The topological polar surface area (TPSA) is 153 Å². The predicted octanol–water partition coefficient (Wildman–Crippen LogP) is 6.08. The normalized spacial score (nSPS) is 10.9. The highest BCUT2D eigenvalue weighted by Crippen LogP contribution is 2.39. The summed E-state index contributed by atoms with van der Waals surface area (Å²) in [6, 6.07) is 9.73. The van der Waals surface area contributed by atoms with Crippen molar-refractivity contribution in [3.05, 3.63) is 52.7 Å². The third-order valence-corrected chi connectivity index (χ3v) is 5.61. The van der Waals surface area contributed by atoms with Gasteiger partial charge in [0.1, 0.15) is 28.6 Å². The molecule has 1 heterocycles. The van der Waals surface area contributed by atoms with Gasteiger partial charge in [0, 0.05) is 37.1 Å². The van der Waals surface area contributed by atoms with E-state index in [9.17, 15) is 14.9 Å². The van der Waals surface area contributed by atoms with E-state index in [2.05, 4.69) is 25.9 Å². The maximum Gasteiger partial charge on any atom is 0.412 e. The minimum absolute atomic E-state index is 0.0691. The van der Waals surface area contributed by atoms with E-state index in [1.54, 1.807) is 51.1 Å². The zero-order valence-electron chi connectivity index (χ0n) is 23.7. The lowest BCUT2D eigenvalue weighted by Crippen LogP contribution is -2.27. The van der Waals surface area contributed by atoms with Crippen molar-refractivity contribution < 1.29 is 23.9 Å². The van der Waals surface area contributed by atoms with Gasteiger partial charge in [-0.15, -0.1) is 0 Å². The van der Waals surface area contributed by atoms with Gasteiger partial charge in [0.25, 0.3) is 5.69 Å². The first-order chi connectivity index (χ1) is 19.0. The standard InChI is InChI=1S/C27H35N7O6/c1-8-33(9-2)20-16-23(39-7)19(15-21(20)34(36)37)31-25-28-13-12-24(32-25)30-18-14-17(10-11-22(18)38-6)29-26(35)40-27(3,4)5/h10-16H,8-9H2,1-7H3,(H,29,35)(H2,28,30,31,32). The fourth-order valence-electron chi connectivity index (χ4n) is 3.84. The van der Waals surface area contributed by atoms with Gasteiger partial charge in [-0.25, -0.2) is 9.78 Å². The summed E-state index contributed by atoms with van der Waals surface area (Å²) in [7, 11) is 3.01. The molecule has 3 N–H and O–H groups in total. The van der Waals surface area contributed by atoms with Crippen LogP contribution >= 0.6 is 0 Å². The van der Waals surface area contributed by atoms with Crippen LogP contribution in [0.15, 0.2) is 42.6 Å². The number of hydrogen-bond acceptors (Lipinski definition) is 11. The Morgan fingerprint density at radius 1 is 1.00 bits per heavy atom. The fourth-order valence-corrected chi connectivity index (χ4v) is 3.84. The minimum atomic E-state index is -0.642. The van der Waals surface area contributed by atoms with E-state index in [1.807, 2.05) is 18.7 Å². The van der Waals surface area contributed by atoms with Crippen LogP contribution in [-0.2, 0) is 4.74 Å². The lowest BCUT2D eigenvalue weighted by Gasteiger charge is -2.22. The number of ether oxygens (including phenoxy) is 3. The molecule has 0 aliphatic carbocycles. The number of aromatic nitrogens is 2. The molecule has 13 nitrogen and oxygen atoms in total. The van der Waals surface area contributed by atoms with Crippen molar-refractivity contribution in [1.82, 2.24) is 9.97 Å². The first-order valence-electron chi connectivity index (χ1n) is 12.6. The minimum Gasteiger partial charge on any atom is -0.495 e. The van der Waals surface area contributed by atoms with E-state index >= 15 is 0 Å². The molecule has 3 rings (SSSR count). The number of carbonyl (C=O) groups is 1. The van der Waals surface area contributed by atoms with Crippen molar-refractivity contribution >= 4 is 46.3 Å². The molecular formula is C27H35N7O6. The molecule has 3 aromatic rings. The fraction of sp³-hybridized carbons (Fsp3) is 0.370. The number of rotatable bonds is 11. The largest absolute Gasteiger partial charge is 0.495 e. The van der Waals surface area contributed by atoms with Crippen molar-refractivity contribution in [3.8, 4) is 11.5 Å². The number of hydrogen-bond donors (Lipinski definition) is 3. The molecular weight excluding hydrogens is 518 g/mol. The molecule has 0 saturated heterocycles. The van der Waals surface area contributed by atoms with Crippen LogP contribution in [0, 0.1) is 10.1 Å². The number of nitro benzene ring substituents is 1. The second kappa shape index (κ2) is 12.8. The van der Waals surface area contributed by atoms with Gasteiger partial charge in [0.05, 0.1) is 30.5 Å². The molecule has 0 radical (unpaired) electrons. The van der Waals surface area contributed by atoms with Gasteiger partial charge < -0.3 is 29.7 Å². The summed E-state index contributed by atoms with van der Waals surface area (Å²) in [5.41, 5.74) is 1.09. The SMILES string of the molecule is CCN(CC)c1cc(OC)c(Nc2nccc(Nc3cc(NC(=O)OC(C)(C)C)ccc3OC)n2)cc1[N+](=O)[O-]. The lowest BCUT2D eigenvalue weighted by atomic mass is 10.2. The van der Waals surface area contributed by atoms with Crippen LogP contribution < -0.4 is 30.3 Å². The Bertz CT molecular complexity index is 1360. The van der Waals surface area contributed by atoms with Gasteiger partial charge in [0.15, 0.2) is 0 Å². The van der Waals surface area contributed by atoms with E-state index in [4.69, 9.17) is 14.2 Å². The van der Waals surface area contributed by atoms with Crippen LogP contribution in [0.2, 0.25) is 0 Å². The number of carbonyl (C=O) groups excluding carboxylic acids is 1. The molecule has 13 heteroatoms. The molecule has 0 spiro atoms. The van der Waals surface area contributed by atoms with Gasteiger partial charge in [-0.1, -0.05) is 0 Å². The Hall–Kier alpha value is -4.81. The van der Waals surface area contributed by atoms with Crippen LogP contribution in [-0.4, -0.2) is 53.9 Å². The molecule has 0 atom stereocenters. The van der Waals surface area contributed by atoms with Crippen molar-refractivity contribution in [2.45, 2.75) is 40.2 Å². The van der Waals surface area contributed by atoms with Crippen LogP contribution in [0.4, 0.5) is 45.0 Å². The maximum absolute atomic E-state index is 12.2. The average Bonchev–Trinajstić information content (AvgIpc) is 2.89. The lowest BCUT2D eigenvalue weighted by molar-refractivity contribution is -0.384. The Morgan fingerprint density at radius 3 is 2.27 bits per heavy atom. The van der Waals surface area contributed by atoms with E-state index < -0.39 is 16.6 Å². The number of nitro groups is 1. The van der Waals surface area contributed by atoms with Crippen molar-refractivity contribution in [3.63, 3.8) is 0 Å². The van der Waals surface area contributed by atoms with Crippen LogP contribution in [0.3, 0.4) is 0 Å². The molecule has 0 unspecified atom stereocenters. The summed E-state index contributed by atoms with van der Waals surface area (Å²) in [5.74, 6) is 1.48. The number of nitrogens with one attached hydrogen (secondary N) is 3. The van der Waals surface area contributed by atoms with Gasteiger partial charge in [-0.3, -0.25) is 15.4 Å². The van der Waals surface area contributed by atoms with Crippen LogP contribution in [0.5, 0.6) is 11.5 Å². The zero-order valence-corrected chi connectivity index (χ0v) is 23.7. The third-order valence-electron chi connectivity index (χ3n) is 5.61. The number of methoxy groups -OCH3 is 2. The Kier molecular flexibility index (Phi) is 9.54. The summed E-state index contributed by atoms with van der Waals surface area (Å²) in [6.07, 6.45) is 0.935. The van der Waals surface area contributed by atoms with Crippen molar-refractivity contribution in [2.24, 2.45) is 0 Å². The summed E-state index contributed by atoms with van der Waals surface area (Å²) < 4.78 is 16.3. The van der Waals surface area contributed by atoms with Gasteiger partial charge in [-0.2, -0.15) is 4.98 Å². The van der Waals surface area contributed by atoms with E-state index in [-0.39, 0.29) is 11.6 Å². The summed E-state index contributed by atoms with van der Waals surface area (Å²) >= 11 is 0. The first-order valence-corrected chi connectivity index (χ1v) is 12.6. The van der Waals surface area contributed by atoms with E-state index in [0.717, 1.165) is 0 Å². The van der Waals surface area contributed by atoms with Gasteiger partial charge in [0.2, 0.25) is 5.95 Å². The van der Waals surface area contributed by atoms with Crippen molar-refractivity contribution in [1.29, 1.82) is 0 Å². The molecule has 40 heavy (non-hydrogen) atoms. The molecule has 0 aliphatic heterocycles. The molecule has 2 aromatic carbocycles. The molecule has 1 amide bonds. The molecule has 0 fully saturated rings. The monoisotopic (exact) mass is 553 g/mol. The highest BCUT2D eigenvalue weighted by Gasteiger charge is 2.23. The van der Waals surface area contributed by atoms with E-state index in [0.29, 0.717) is 53.2 Å². The van der Waals surface area contributed by atoms with Crippen LogP contribution in [0.25, 0.3) is 0 Å². The second-order valence-corrected chi connectivity index (χ2v) is 9.53. The molecule has 0 saturated carbocycles. The maximum atomic E-state index is 12.2. The highest BCUT2D eigenvalue weighted by atomic mass is 16.6. The molecule has 0 bridgehead atoms. The third kappa shape index (κ3) is 7.62. The molecule has 214 valence electrons. The Morgan fingerprint density at radius 2 is 1.68 bits per heavy atom. The second-order valence-electron chi connectivity index (χ2n) is 9.53. The highest BCUT2D eigenvalue weighted by molar-refractivity contribution is 5.86. The van der Waals surface area contributed by atoms with Crippen LogP contribution in [0.1, 0.15) is 34.6 Å². The van der Waals surface area contributed by atoms with E-state index in [1.165, 1.54) is 26.5 Å². The number of amides is 1. The first kappa shape index (κ1) is 29.7. The summed E-state index contributed by atoms with van der Waals surface area (Å²) in [4.78, 5) is 34.3. The van der Waals surface area contributed by atoms with Gasteiger partial charge in [-0.05, 0) is 58.9 Å². The number of anilines is 6. The quantitative estimate of drug-likeness (QED) is 0.187. The average molecular weight is 554 g/mol. The molecule has 1 aromatic heterocycles. The predicted molar refractivity (Wildman–Crippen MR) is 155 cm³/mol. The molecule has 0 aliphatic rings. The Labute approximate surface area is 233 Å². The number of benzene rings is 2. The summed E-state index contributed by atoms with van der Waals surface area (Å²) in [6.45, 7) is 10.4. The zero-order chi connectivity index (χ0) is 29.4. The summed E-state index contributed by atoms with van der Waals surface area (Å²) in [5, 5.41) is 20.7. The smallest absolute Gasteiger partial charge is 0.412 e.